The molecule has 4 aromatic carbocycles. The highest BCUT2D eigenvalue weighted by Gasteiger charge is 2.24. The van der Waals surface area contributed by atoms with Gasteiger partial charge in [0, 0.05) is 35.8 Å². The van der Waals surface area contributed by atoms with E-state index in [0.717, 1.165) is 52.8 Å². The lowest BCUT2D eigenvalue weighted by atomic mass is 10.1. The SMILES string of the molecule is Cc1oc(-c2ccc(CBr)cc2)nc1CS(=O)(=O)CC(=O)CCCc1ccc(F)cc1.Cc1oc(-c2ccc(CN3CCCC3)cc2)nc1CS(=O)(=O)CC(=O)CCCc1ccc(F)cc1. The number of Topliss-reactive ketones (excluding diaryl/α,β-unsaturated/α-hetero) is 2. The summed E-state index contributed by atoms with van der Waals surface area (Å²) in [6.07, 6.45) is 5.02. The van der Waals surface area contributed by atoms with Gasteiger partial charge in [0.1, 0.15) is 46.2 Å². The number of halogens is 3. The molecule has 7 rings (SSSR count). The quantitative estimate of drug-likeness (QED) is 0.0632. The Morgan fingerprint density at radius 3 is 1.36 bits per heavy atom. The number of aromatic nitrogens is 2. The number of likely N-dealkylation sites (tertiary alicyclic amines) is 1. The second-order valence-corrected chi connectivity index (χ2v) is 21.3. The normalized spacial score (nSPS) is 13.1. The van der Waals surface area contributed by atoms with Gasteiger partial charge in [0.25, 0.3) is 0 Å². The van der Waals surface area contributed by atoms with Gasteiger partial charge < -0.3 is 8.83 Å². The number of benzene rings is 4. The molecule has 16 heteroatoms. The third-order valence-electron chi connectivity index (χ3n) is 11.1. The molecule has 0 amide bonds. The third-order valence-corrected chi connectivity index (χ3v) is 14.7. The smallest absolute Gasteiger partial charge is 0.226 e. The van der Waals surface area contributed by atoms with E-state index in [4.69, 9.17) is 8.83 Å². The van der Waals surface area contributed by atoms with E-state index in [1.165, 1.54) is 42.7 Å². The Morgan fingerprint density at radius 1 is 0.591 bits per heavy atom. The molecule has 66 heavy (non-hydrogen) atoms. The largest absolute Gasteiger partial charge is 0.441 e. The van der Waals surface area contributed by atoms with Crippen LogP contribution in [0.2, 0.25) is 0 Å². The molecule has 6 aromatic rings. The highest BCUT2D eigenvalue weighted by Crippen LogP contribution is 2.26. The van der Waals surface area contributed by atoms with E-state index in [9.17, 15) is 35.2 Å². The van der Waals surface area contributed by atoms with Crippen molar-refractivity contribution in [2.45, 2.75) is 88.6 Å². The molecule has 0 N–H and O–H groups in total. The Bertz CT molecular complexity index is 2770. The van der Waals surface area contributed by atoms with Gasteiger partial charge in [-0.15, -0.1) is 0 Å². The minimum Gasteiger partial charge on any atom is -0.441 e. The van der Waals surface area contributed by atoms with Crippen LogP contribution in [0.5, 0.6) is 0 Å². The summed E-state index contributed by atoms with van der Waals surface area (Å²) in [7, 11) is -7.34. The van der Waals surface area contributed by atoms with Crippen molar-refractivity contribution in [3.8, 4) is 22.9 Å². The molecule has 350 valence electrons. The van der Waals surface area contributed by atoms with Gasteiger partial charge in [-0.1, -0.05) is 64.5 Å². The van der Waals surface area contributed by atoms with Gasteiger partial charge in [-0.25, -0.2) is 35.6 Å². The first-order chi connectivity index (χ1) is 31.5. The van der Waals surface area contributed by atoms with Gasteiger partial charge in [-0.2, -0.15) is 0 Å². The molecule has 11 nitrogen and oxygen atoms in total. The predicted molar refractivity (Wildman–Crippen MR) is 254 cm³/mol. The van der Waals surface area contributed by atoms with Gasteiger partial charge in [-0.3, -0.25) is 14.5 Å². The first kappa shape index (κ1) is 50.3. The highest BCUT2D eigenvalue weighted by atomic mass is 79.9. The molecule has 1 aliphatic heterocycles. The lowest BCUT2D eigenvalue weighted by molar-refractivity contribution is -0.117. The Morgan fingerprint density at radius 2 is 0.970 bits per heavy atom. The van der Waals surface area contributed by atoms with E-state index in [2.05, 4.69) is 30.8 Å². The molecule has 3 heterocycles. The van der Waals surface area contributed by atoms with Crippen molar-refractivity contribution in [3.05, 3.63) is 154 Å². The van der Waals surface area contributed by atoms with Gasteiger partial charge in [-0.05, 0) is 136 Å². The maximum Gasteiger partial charge on any atom is 0.226 e. The zero-order chi connectivity index (χ0) is 47.3. The fraction of sp³-hybridized carbons (Fsp3) is 0.360. The topological polar surface area (TPSA) is 158 Å². The minimum absolute atomic E-state index is 0.152. The summed E-state index contributed by atoms with van der Waals surface area (Å²) in [5.41, 5.74) is 6.35. The highest BCUT2D eigenvalue weighted by molar-refractivity contribution is 9.08. The Balaban J connectivity index is 0.000000220. The first-order valence-electron chi connectivity index (χ1n) is 21.9. The second-order valence-electron chi connectivity index (χ2n) is 16.7. The molecule has 0 spiro atoms. The number of sulfone groups is 2. The summed E-state index contributed by atoms with van der Waals surface area (Å²) >= 11 is 3.39. The lowest BCUT2D eigenvalue weighted by Gasteiger charge is -2.14. The van der Waals surface area contributed by atoms with Gasteiger partial charge in [0.05, 0.1) is 22.9 Å². The summed E-state index contributed by atoms with van der Waals surface area (Å²) in [4.78, 5) is 35.6. The standard InChI is InChI=1S/C27H31FN2O4S.C23H23BrFNO4S/c1-20-26(19-35(32,33)18-25(31)6-4-5-21-9-13-24(28)14-10-21)29-27(34-20)23-11-7-22(8-12-23)17-30-15-2-3-16-30;1-16-22(26-23(30-16)19-9-5-18(13-24)6-10-19)15-31(28,29)14-21(27)4-2-3-17-7-11-20(25)12-8-17/h7-14H,2-6,15-19H2,1H3;5-12H,2-4,13-15H2,1H3. The summed E-state index contributed by atoms with van der Waals surface area (Å²) in [5.74, 6) is -1.42. The Hall–Kier alpha value is -5.16. The van der Waals surface area contributed by atoms with Gasteiger partial charge in [0.15, 0.2) is 19.7 Å². The van der Waals surface area contributed by atoms with E-state index < -0.39 is 31.2 Å². The van der Waals surface area contributed by atoms with Crippen LogP contribution >= 0.6 is 15.9 Å². The molecule has 0 atom stereocenters. The van der Waals surface area contributed by atoms with Crippen LogP contribution in [0.1, 0.15) is 83.7 Å². The summed E-state index contributed by atoms with van der Waals surface area (Å²) in [6.45, 7) is 6.54. The van der Waals surface area contributed by atoms with Crippen LogP contribution in [0.25, 0.3) is 22.9 Å². The van der Waals surface area contributed by atoms with Crippen molar-refractivity contribution in [3.63, 3.8) is 0 Å². The number of aryl methyl sites for hydroxylation is 4. The van der Waals surface area contributed by atoms with Crippen LogP contribution in [0.15, 0.2) is 106 Å². The molecule has 0 radical (unpaired) electrons. The number of nitrogens with zero attached hydrogens (tertiary/aromatic N) is 3. The van der Waals surface area contributed by atoms with Crippen LogP contribution in [-0.2, 0) is 65.5 Å². The van der Waals surface area contributed by atoms with Crippen molar-refractivity contribution in [2.75, 3.05) is 24.6 Å². The fourth-order valence-electron chi connectivity index (χ4n) is 7.49. The number of rotatable bonds is 21. The Kier molecular flexibility index (Phi) is 17.9. The Labute approximate surface area is 394 Å². The average Bonchev–Trinajstić information content (AvgIpc) is 4.02. The van der Waals surface area contributed by atoms with E-state index in [1.807, 2.05) is 48.5 Å². The van der Waals surface area contributed by atoms with Gasteiger partial charge >= 0.3 is 0 Å². The van der Waals surface area contributed by atoms with Crippen molar-refractivity contribution >= 4 is 47.2 Å². The number of alkyl halides is 1. The molecule has 1 saturated heterocycles. The summed E-state index contributed by atoms with van der Waals surface area (Å²) in [5, 5.41) is 0.735. The van der Waals surface area contributed by atoms with Gasteiger partial charge in [0.2, 0.25) is 11.8 Å². The van der Waals surface area contributed by atoms with Crippen LogP contribution in [0.4, 0.5) is 8.78 Å². The van der Waals surface area contributed by atoms with E-state index in [-0.39, 0.29) is 47.5 Å². The second kappa shape index (κ2) is 23.5. The molecular formula is C50H54BrF2N3O8S2. The molecule has 0 aliphatic carbocycles. The van der Waals surface area contributed by atoms with E-state index >= 15 is 0 Å². The number of oxazole rings is 2. The van der Waals surface area contributed by atoms with Crippen molar-refractivity contribution in [1.29, 1.82) is 0 Å². The monoisotopic (exact) mass is 1010 g/mol. The fourth-order valence-corrected chi connectivity index (χ4v) is 10.7. The van der Waals surface area contributed by atoms with Crippen LogP contribution in [-0.4, -0.2) is 67.9 Å². The van der Waals surface area contributed by atoms with Crippen LogP contribution in [0.3, 0.4) is 0 Å². The third kappa shape index (κ3) is 15.7. The zero-order valence-electron chi connectivity index (χ0n) is 37.1. The minimum atomic E-state index is -3.67. The number of carbonyl (C=O) groups is 2. The molecule has 0 saturated carbocycles. The number of hydrogen-bond donors (Lipinski definition) is 0. The van der Waals surface area contributed by atoms with E-state index in [1.54, 1.807) is 38.1 Å². The number of ketones is 2. The lowest BCUT2D eigenvalue weighted by Crippen LogP contribution is -2.18. The maximum absolute atomic E-state index is 13.0. The summed E-state index contributed by atoms with van der Waals surface area (Å²) in [6, 6.07) is 27.7. The maximum atomic E-state index is 13.0. The van der Waals surface area contributed by atoms with Crippen molar-refractivity contribution in [2.24, 2.45) is 0 Å². The van der Waals surface area contributed by atoms with Crippen LogP contribution in [0, 0.1) is 25.5 Å². The number of carbonyl (C=O) groups excluding carboxylic acids is 2. The molecule has 2 aromatic heterocycles. The first-order valence-corrected chi connectivity index (χ1v) is 26.6. The average molecular weight is 1010 g/mol. The van der Waals surface area contributed by atoms with Crippen LogP contribution < -0.4 is 0 Å². The number of hydrogen-bond acceptors (Lipinski definition) is 11. The molecule has 1 fully saturated rings. The van der Waals surface area contributed by atoms with E-state index in [0.29, 0.717) is 60.4 Å². The predicted octanol–water partition coefficient (Wildman–Crippen LogP) is 10.1. The zero-order valence-corrected chi connectivity index (χ0v) is 40.3. The molecule has 0 unspecified atom stereocenters. The molecular weight excluding hydrogens is 953 g/mol. The van der Waals surface area contributed by atoms with Crippen molar-refractivity contribution in [1.82, 2.24) is 14.9 Å². The summed E-state index contributed by atoms with van der Waals surface area (Å²) < 4.78 is 87.6. The van der Waals surface area contributed by atoms with Crippen molar-refractivity contribution < 1.29 is 44.0 Å². The molecule has 0 bridgehead atoms. The molecule has 1 aliphatic rings.